The average Bonchev–Trinajstić information content (AvgIpc) is 2.90. The predicted molar refractivity (Wildman–Crippen MR) is 61.2 cm³/mol. The smallest absolute Gasteiger partial charge is 0.108 e. The van der Waals surface area contributed by atoms with Gasteiger partial charge in [0.25, 0.3) is 0 Å². The number of aryl methyl sites for hydroxylation is 1. The summed E-state index contributed by atoms with van der Waals surface area (Å²) >= 11 is 0. The van der Waals surface area contributed by atoms with Crippen LogP contribution in [0, 0.1) is 5.92 Å². The molecule has 0 aliphatic carbocycles. The van der Waals surface area contributed by atoms with Crippen molar-refractivity contribution in [2.24, 2.45) is 5.92 Å². The number of ether oxygens (including phenoxy) is 1. The van der Waals surface area contributed by atoms with Crippen LogP contribution in [0.25, 0.3) is 0 Å². The Kier molecular flexibility index (Phi) is 3.96. The van der Waals surface area contributed by atoms with E-state index in [-0.39, 0.29) is 12.0 Å². The summed E-state index contributed by atoms with van der Waals surface area (Å²) in [6.45, 7) is 4.26. The van der Waals surface area contributed by atoms with Crippen molar-refractivity contribution in [2.75, 3.05) is 13.2 Å². The van der Waals surface area contributed by atoms with Crippen molar-refractivity contribution in [2.45, 2.75) is 38.8 Å². The molecule has 1 fully saturated rings. The molecule has 1 saturated heterocycles. The lowest BCUT2D eigenvalue weighted by Gasteiger charge is -2.18. The monoisotopic (exact) mass is 224 g/mol. The molecule has 1 N–H and O–H groups in total. The standard InChI is InChI=1S/C12H20N2O2/c1-2-3-12-13-5-6-14(12)8-11(15)10-4-7-16-9-10/h5-6,10-11,15H,2-4,7-9H2,1H3. The molecular weight excluding hydrogens is 204 g/mol. The lowest BCUT2D eigenvalue weighted by molar-refractivity contribution is 0.0770. The van der Waals surface area contributed by atoms with E-state index < -0.39 is 0 Å². The quantitative estimate of drug-likeness (QED) is 0.818. The molecule has 0 spiro atoms. The van der Waals surface area contributed by atoms with E-state index in [1.165, 1.54) is 0 Å². The summed E-state index contributed by atoms with van der Waals surface area (Å²) in [6.07, 6.45) is 6.47. The summed E-state index contributed by atoms with van der Waals surface area (Å²) in [6, 6.07) is 0. The maximum Gasteiger partial charge on any atom is 0.108 e. The maximum atomic E-state index is 10.1. The van der Waals surface area contributed by atoms with Gasteiger partial charge in [-0.25, -0.2) is 4.98 Å². The number of hydrogen-bond acceptors (Lipinski definition) is 3. The summed E-state index contributed by atoms with van der Waals surface area (Å²) in [4.78, 5) is 4.31. The Morgan fingerprint density at radius 1 is 1.69 bits per heavy atom. The molecule has 16 heavy (non-hydrogen) atoms. The minimum absolute atomic E-state index is 0.289. The molecule has 2 heterocycles. The molecule has 1 aromatic rings. The maximum absolute atomic E-state index is 10.1. The van der Waals surface area contributed by atoms with Crippen molar-refractivity contribution < 1.29 is 9.84 Å². The van der Waals surface area contributed by atoms with Crippen LogP contribution in [0.4, 0.5) is 0 Å². The van der Waals surface area contributed by atoms with Gasteiger partial charge in [0.15, 0.2) is 0 Å². The second-order valence-electron chi connectivity index (χ2n) is 4.44. The van der Waals surface area contributed by atoms with Crippen LogP contribution >= 0.6 is 0 Å². The van der Waals surface area contributed by atoms with Crippen LogP contribution < -0.4 is 0 Å². The zero-order valence-electron chi connectivity index (χ0n) is 9.80. The van der Waals surface area contributed by atoms with E-state index in [0.717, 1.165) is 31.7 Å². The van der Waals surface area contributed by atoms with Gasteiger partial charge >= 0.3 is 0 Å². The van der Waals surface area contributed by atoms with E-state index in [4.69, 9.17) is 4.74 Å². The SMILES string of the molecule is CCCc1nccn1CC(O)C1CCOC1. The molecule has 0 amide bonds. The highest BCUT2D eigenvalue weighted by Crippen LogP contribution is 2.18. The predicted octanol–water partition coefficient (Wildman–Crippen LogP) is 1.23. The normalized spacial score (nSPS) is 22.5. The van der Waals surface area contributed by atoms with Crippen LogP contribution in [-0.4, -0.2) is 34.0 Å². The van der Waals surface area contributed by atoms with Gasteiger partial charge in [0.2, 0.25) is 0 Å². The van der Waals surface area contributed by atoms with Crippen molar-refractivity contribution in [3.63, 3.8) is 0 Å². The highest BCUT2D eigenvalue weighted by molar-refractivity contribution is 4.93. The molecule has 2 unspecified atom stereocenters. The van der Waals surface area contributed by atoms with Crippen LogP contribution in [-0.2, 0) is 17.7 Å². The fourth-order valence-corrected chi connectivity index (χ4v) is 2.16. The van der Waals surface area contributed by atoms with Crippen LogP contribution in [0.2, 0.25) is 0 Å². The second-order valence-corrected chi connectivity index (χ2v) is 4.44. The molecule has 1 aliphatic rings. The molecule has 2 rings (SSSR count). The molecule has 1 aromatic heterocycles. The highest BCUT2D eigenvalue weighted by atomic mass is 16.5. The largest absolute Gasteiger partial charge is 0.391 e. The van der Waals surface area contributed by atoms with Gasteiger partial charge in [-0.3, -0.25) is 0 Å². The zero-order chi connectivity index (χ0) is 11.4. The average molecular weight is 224 g/mol. The van der Waals surface area contributed by atoms with E-state index in [1.54, 1.807) is 0 Å². The zero-order valence-corrected chi connectivity index (χ0v) is 9.80. The van der Waals surface area contributed by atoms with Crippen LogP contribution in [0.15, 0.2) is 12.4 Å². The van der Waals surface area contributed by atoms with Crippen molar-refractivity contribution in [1.29, 1.82) is 0 Å². The van der Waals surface area contributed by atoms with Gasteiger partial charge in [-0.15, -0.1) is 0 Å². The Morgan fingerprint density at radius 2 is 2.56 bits per heavy atom. The van der Waals surface area contributed by atoms with Gasteiger partial charge in [-0.2, -0.15) is 0 Å². The molecular formula is C12H20N2O2. The lowest BCUT2D eigenvalue weighted by Crippen LogP contribution is -2.26. The Labute approximate surface area is 96.3 Å². The molecule has 0 radical (unpaired) electrons. The number of imidazole rings is 1. The third-order valence-electron chi connectivity index (χ3n) is 3.17. The van der Waals surface area contributed by atoms with Crippen molar-refractivity contribution in [3.8, 4) is 0 Å². The van der Waals surface area contributed by atoms with Gasteiger partial charge in [-0.1, -0.05) is 6.92 Å². The molecule has 0 bridgehead atoms. The van der Waals surface area contributed by atoms with Gasteiger partial charge in [0.05, 0.1) is 19.3 Å². The number of aromatic nitrogens is 2. The molecule has 2 atom stereocenters. The van der Waals surface area contributed by atoms with Gasteiger partial charge < -0.3 is 14.4 Å². The van der Waals surface area contributed by atoms with E-state index in [1.807, 2.05) is 12.4 Å². The third-order valence-corrected chi connectivity index (χ3v) is 3.17. The first-order chi connectivity index (χ1) is 7.81. The summed E-state index contributed by atoms with van der Waals surface area (Å²) < 4.78 is 7.35. The van der Waals surface area contributed by atoms with Crippen molar-refractivity contribution in [1.82, 2.24) is 9.55 Å². The fraction of sp³-hybridized carbons (Fsp3) is 0.750. The first kappa shape index (κ1) is 11.6. The Hall–Kier alpha value is -0.870. The van der Waals surface area contributed by atoms with Gasteiger partial charge in [0, 0.05) is 31.3 Å². The molecule has 90 valence electrons. The fourth-order valence-electron chi connectivity index (χ4n) is 2.16. The Morgan fingerprint density at radius 3 is 3.25 bits per heavy atom. The van der Waals surface area contributed by atoms with Crippen LogP contribution in [0.1, 0.15) is 25.6 Å². The molecule has 0 aromatic carbocycles. The number of aliphatic hydroxyl groups is 1. The minimum Gasteiger partial charge on any atom is -0.391 e. The van der Waals surface area contributed by atoms with E-state index in [0.29, 0.717) is 13.2 Å². The minimum atomic E-state index is -0.313. The van der Waals surface area contributed by atoms with E-state index in [9.17, 15) is 5.11 Å². The van der Waals surface area contributed by atoms with Crippen molar-refractivity contribution >= 4 is 0 Å². The van der Waals surface area contributed by atoms with E-state index >= 15 is 0 Å². The molecule has 0 saturated carbocycles. The van der Waals surface area contributed by atoms with Gasteiger partial charge in [-0.05, 0) is 12.8 Å². The molecule has 4 heteroatoms. The second kappa shape index (κ2) is 5.46. The number of hydrogen-bond donors (Lipinski definition) is 1. The van der Waals surface area contributed by atoms with Gasteiger partial charge in [0.1, 0.15) is 5.82 Å². The first-order valence-electron chi connectivity index (χ1n) is 6.07. The Balaban J connectivity index is 1.94. The summed E-state index contributed by atoms with van der Waals surface area (Å²) in [7, 11) is 0. The highest BCUT2D eigenvalue weighted by Gasteiger charge is 2.24. The number of aliphatic hydroxyl groups excluding tert-OH is 1. The third kappa shape index (κ3) is 2.62. The lowest BCUT2D eigenvalue weighted by atomic mass is 10.0. The number of nitrogens with zero attached hydrogens (tertiary/aromatic N) is 2. The summed E-state index contributed by atoms with van der Waals surface area (Å²) in [5.74, 6) is 1.36. The molecule has 4 nitrogen and oxygen atoms in total. The van der Waals surface area contributed by atoms with E-state index in [2.05, 4.69) is 16.5 Å². The number of rotatable bonds is 5. The first-order valence-corrected chi connectivity index (χ1v) is 6.07. The van der Waals surface area contributed by atoms with Crippen LogP contribution in [0.3, 0.4) is 0 Å². The Bertz CT molecular complexity index is 319. The summed E-state index contributed by atoms with van der Waals surface area (Å²) in [5, 5.41) is 10.1. The summed E-state index contributed by atoms with van der Waals surface area (Å²) in [5.41, 5.74) is 0. The van der Waals surface area contributed by atoms with Crippen molar-refractivity contribution in [3.05, 3.63) is 18.2 Å². The molecule has 1 aliphatic heterocycles. The van der Waals surface area contributed by atoms with Crippen LogP contribution in [0.5, 0.6) is 0 Å². The topological polar surface area (TPSA) is 47.3 Å².